The Kier molecular flexibility index (Phi) is 13.0. The molecule has 0 aliphatic carbocycles. The van der Waals surface area contributed by atoms with Crippen LogP contribution < -0.4 is 0 Å². The van der Waals surface area contributed by atoms with Gasteiger partial charge in [-0.25, -0.2) is 0 Å². The van der Waals surface area contributed by atoms with E-state index in [1.807, 2.05) is 20.8 Å². The van der Waals surface area contributed by atoms with Crippen LogP contribution in [0.3, 0.4) is 0 Å². The summed E-state index contributed by atoms with van der Waals surface area (Å²) in [6.45, 7) is 7.01. The van der Waals surface area contributed by atoms with Crippen LogP contribution in [0.25, 0.3) is 0 Å². The van der Waals surface area contributed by atoms with Gasteiger partial charge in [-0.3, -0.25) is 4.79 Å². The van der Waals surface area contributed by atoms with Crippen LogP contribution in [0.2, 0.25) is 0 Å². The Bertz CT molecular complexity index is 76.2. The zero-order valence-electron chi connectivity index (χ0n) is 7.18. The van der Waals surface area contributed by atoms with Gasteiger partial charge < -0.3 is 12.2 Å². The molecule has 0 atom stereocenters. The Hall–Kier alpha value is 0.574. The van der Waals surface area contributed by atoms with Gasteiger partial charge >= 0.3 is 0 Å². The fourth-order valence-corrected chi connectivity index (χ4v) is 0.284. The van der Waals surface area contributed by atoms with Gasteiger partial charge in [-0.05, 0) is 5.41 Å². The summed E-state index contributed by atoms with van der Waals surface area (Å²) in [5, 5.41) is 0. The van der Waals surface area contributed by atoms with Crippen LogP contribution in [0.5, 0.6) is 0 Å². The molecule has 1 radical (unpaired) electrons. The second-order valence-electron chi connectivity index (χ2n) is 2.97. The third kappa shape index (κ3) is 15.8. The van der Waals surface area contributed by atoms with Crippen LogP contribution in [-0.4, -0.2) is 13.1 Å². The van der Waals surface area contributed by atoms with E-state index in [4.69, 9.17) is 0 Å². The zero-order valence-corrected chi connectivity index (χ0v) is 10.0. The molecule has 0 fully saturated rings. The van der Waals surface area contributed by atoms with Crippen molar-refractivity contribution in [2.45, 2.75) is 20.8 Å². The van der Waals surface area contributed by atoms with Crippen molar-refractivity contribution in [1.82, 2.24) is 0 Å². The van der Waals surface area contributed by atoms with E-state index in [-0.39, 0.29) is 45.6 Å². The Morgan fingerprint density at radius 3 is 1.90 bits per heavy atom. The van der Waals surface area contributed by atoms with Gasteiger partial charge in [-0.15, -0.1) is 0 Å². The molecule has 0 spiro atoms. The van der Waals surface area contributed by atoms with Crippen LogP contribution >= 0.6 is 0 Å². The fraction of sp³-hybridized carbons (Fsp3) is 0.714. The first-order chi connectivity index (χ1) is 3.56. The molecule has 0 bridgehead atoms. The minimum atomic E-state index is 0. The number of hydrogen-bond donors (Lipinski definition) is 0. The molecule has 0 aliphatic rings. The van der Waals surface area contributed by atoms with E-state index in [0.717, 1.165) is 0 Å². The maximum absolute atomic E-state index is 9.63. The van der Waals surface area contributed by atoms with Crippen molar-refractivity contribution in [2.75, 3.05) is 6.61 Å². The van der Waals surface area contributed by atoms with Crippen molar-refractivity contribution in [3.05, 3.63) is 7.43 Å². The van der Waals surface area contributed by atoms with Gasteiger partial charge in [0.25, 0.3) is 6.47 Å². The minimum absolute atomic E-state index is 0. The first kappa shape index (κ1) is 16.9. The molecule has 0 heterocycles. The predicted octanol–water partition coefficient (Wildman–Crippen LogP) is 1.65. The molecular formula is C7H15O2Y-. The number of carbonyl (C=O) groups excluding carboxylic acids is 1. The molecule has 0 amide bonds. The molecule has 0 rings (SSSR count). The van der Waals surface area contributed by atoms with Gasteiger partial charge in [0.1, 0.15) is 0 Å². The molecule has 0 unspecified atom stereocenters. The second kappa shape index (κ2) is 7.68. The van der Waals surface area contributed by atoms with Gasteiger partial charge in [0, 0.05) is 32.7 Å². The summed E-state index contributed by atoms with van der Waals surface area (Å²) in [5.41, 5.74) is 0.0981. The average Bonchev–Trinajstić information content (AvgIpc) is 1.59. The van der Waals surface area contributed by atoms with E-state index in [1.165, 1.54) is 0 Å². The summed E-state index contributed by atoms with van der Waals surface area (Å²) in [6, 6.07) is 0. The SMILES string of the molecule is CC(C)(C)COC=O.[CH3-].[Y]. The largest absolute Gasteiger partial charge is 0.467 e. The summed E-state index contributed by atoms with van der Waals surface area (Å²) in [5.74, 6) is 0. The summed E-state index contributed by atoms with van der Waals surface area (Å²) in [4.78, 5) is 9.63. The number of ether oxygens (including phenoxy) is 1. The average molecular weight is 220 g/mol. The van der Waals surface area contributed by atoms with Crippen LogP contribution in [0.4, 0.5) is 0 Å². The number of rotatable bonds is 2. The molecule has 10 heavy (non-hydrogen) atoms. The van der Waals surface area contributed by atoms with Crippen molar-refractivity contribution < 1.29 is 42.2 Å². The molecule has 0 N–H and O–H groups in total. The molecule has 2 nitrogen and oxygen atoms in total. The summed E-state index contributed by atoms with van der Waals surface area (Å²) < 4.78 is 4.52. The molecular weight excluding hydrogens is 205 g/mol. The van der Waals surface area contributed by atoms with Crippen LogP contribution in [0.15, 0.2) is 0 Å². The molecule has 0 aromatic carbocycles. The van der Waals surface area contributed by atoms with E-state index in [1.54, 1.807) is 0 Å². The Balaban J connectivity index is -0.000000245. The molecule has 3 heteroatoms. The van der Waals surface area contributed by atoms with Gasteiger partial charge in [0.15, 0.2) is 0 Å². The second-order valence-corrected chi connectivity index (χ2v) is 2.97. The van der Waals surface area contributed by atoms with Crippen molar-refractivity contribution in [1.29, 1.82) is 0 Å². The smallest absolute Gasteiger partial charge is 0.293 e. The quantitative estimate of drug-likeness (QED) is 0.522. The normalized spacial score (nSPS) is 8.70. The first-order valence-electron chi connectivity index (χ1n) is 2.61. The Morgan fingerprint density at radius 1 is 1.40 bits per heavy atom. The first-order valence-corrected chi connectivity index (χ1v) is 2.61. The molecule has 0 aromatic rings. The van der Waals surface area contributed by atoms with Gasteiger partial charge in [0.05, 0.1) is 6.61 Å². The van der Waals surface area contributed by atoms with E-state index in [2.05, 4.69) is 4.74 Å². The minimum Gasteiger partial charge on any atom is -0.467 e. The predicted molar refractivity (Wildman–Crippen MR) is 37.9 cm³/mol. The van der Waals surface area contributed by atoms with Crippen molar-refractivity contribution in [3.8, 4) is 0 Å². The summed E-state index contributed by atoms with van der Waals surface area (Å²) >= 11 is 0. The van der Waals surface area contributed by atoms with Crippen molar-refractivity contribution in [2.24, 2.45) is 5.41 Å². The van der Waals surface area contributed by atoms with E-state index >= 15 is 0 Å². The van der Waals surface area contributed by atoms with E-state index in [0.29, 0.717) is 13.1 Å². The standard InChI is InChI=1S/C6H12O2.CH3.Y/c1-6(2,3)4-8-5-7;;/h5H,4H2,1-3H3;1H3;/q;-1;. The third-order valence-electron chi connectivity index (χ3n) is 0.584. The van der Waals surface area contributed by atoms with Crippen LogP contribution in [-0.2, 0) is 42.2 Å². The molecule has 59 valence electrons. The van der Waals surface area contributed by atoms with Crippen LogP contribution in [0, 0.1) is 12.8 Å². The topological polar surface area (TPSA) is 26.3 Å². The Labute approximate surface area is 88.6 Å². The maximum Gasteiger partial charge on any atom is 0.293 e. The van der Waals surface area contributed by atoms with E-state index < -0.39 is 0 Å². The van der Waals surface area contributed by atoms with Crippen molar-refractivity contribution in [3.63, 3.8) is 0 Å². The molecule has 0 saturated carbocycles. The van der Waals surface area contributed by atoms with Gasteiger partial charge in [0.2, 0.25) is 0 Å². The van der Waals surface area contributed by atoms with Gasteiger partial charge in [-0.1, -0.05) is 20.8 Å². The third-order valence-corrected chi connectivity index (χ3v) is 0.584. The van der Waals surface area contributed by atoms with E-state index in [9.17, 15) is 4.79 Å². The number of carbonyl (C=O) groups is 1. The maximum atomic E-state index is 9.63. The summed E-state index contributed by atoms with van der Waals surface area (Å²) in [7, 11) is 0. The monoisotopic (exact) mass is 220 g/mol. The molecule has 0 aliphatic heterocycles. The zero-order chi connectivity index (χ0) is 6.62. The fourth-order valence-electron chi connectivity index (χ4n) is 0.284. The summed E-state index contributed by atoms with van der Waals surface area (Å²) in [6.07, 6.45) is 0. The number of hydrogen-bond acceptors (Lipinski definition) is 2. The molecule has 0 aromatic heterocycles. The van der Waals surface area contributed by atoms with Crippen LogP contribution in [0.1, 0.15) is 20.8 Å². The Morgan fingerprint density at radius 2 is 1.80 bits per heavy atom. The molecule has 0 saturated heterocycles. The van der Waals surface area contributed by atoms with Gasteiger partial charge in [-0.2, -0.15) is 0 Å². The van der Waals surface area contributed by atoms with Crippen molar-refractivity contribution >= 4 is 6.47 Å².